The maximum Gasteiger partial charge on any atom is 0.127 e. The second-order valence-electron chi connectivity index (χ2n) is 4.72. The molecule has 1 heterocycles. The largest absolute Gasteiger partial charge is 0.329 e. The molecule has 0 aliphatic carbocycles. The van der Waals surface area contributed by atoms with Crippen LogP contribution in [0.15, 0.2) is 24.3 Å². The van der Waals surface area contributed by atoms with Crippen molar-refractivity contribution in [1.82, 2.24) is 4.90 Å². The van der Waals surface area contributed by atoms with Gasteiger partial charge in [-0.05, 0) is 31.9 Å². The van der Waals surface area contributed by atoms with Crippen molar-refractivity contribution in [3.63, 3.8) is 0 Å². The van der Waals surface area contributed by atoms with Gasteiger partial charge in [0.25, 0.3) is 0 Å². The third-order valence-corrected chi connectivity index (χ3v) is 3.75. The Morgan fingerprint density at radius 1 is 1.47 bits per heavy atom. The van der Waals surface area contributed by atoms with Crippen LogP contribution >= 0.6 is 0 Å². The maximum atomic E-state index is 13.9. The molecule has 1 aromatic carbocycles. The summed E-state index contributed by atoms with van der Waals surface area (Å²) in [5.41, 5.74) is 6.61. The molecule has 0 bridgehead atoms. The summed E-state index contributed by atoms with van der Waals surface area (Å²) in [5.74, 6) is -0.0954. The molecule has 2 rings (SSSR count). The summed E-state index contributed by atoms with van der Waals surface area (Å²) in [6.07, 6.45) is 3.24. The van der Waals surface area contributed by atoms with Gasteiger partial charge in [-0.3, -0.25) is 4.90 Å². The van der Waals surface area contributed by atoms with Gasteiger partial charge in [-0.1, -0.05) is 25.1 Å². The Labute approximate surface area is 103 Å². The number of rotatable bonds is 4. The zero-order valence-corrected chi connectivity index (χ0v) is 10.4. The zero-order chi connectivity index (χ0) is 12.3. The number of benzene rings is 1. The third kappa shape index (κ3) is 2.50. The number of likely N-dealkylation sites (tertiary alicyclic amines) is 1. The molecule has 0 radical (unpaired) electrons. The van der Waals surface area contributed by atoms with Crippen LogP contribution in [-0.4, -0.2) is 24.0 Å². The van der Waals surface area contributed by atoms with Gasteiger partial charge in [0.15, 0.2) is 0 Å². The summed E-state index contributed by atoms with van der Waals surface area (Å²) in [5, 5.41) is 0. The van der Waals surface area contributed by atoms with Crippen LogP contribution in [0.25, 0.3) is 0 Å². The lowest BCUT2D eigenvalue weighted by Crippen LogP contribution is -2.38. The first-order valence-electron chi connectivity index (χ1n) is 6.48. The van der Waals surface area contributed by atoms with Crippen molar-refractivity contribution >= 4 is 0 Å². The second kappa shape index (κ2) is 5.61. The van der Waals surface area contributed by atoms with Crippen LogP contribution in [0.1, 0.15) is 37.8 Å². The zero-order valence-electron chi connectivity index (χ0n) is 10.4. The van der Waals surface area contributed by atoms with Crippen molar-refractivity contribution < 1.29 is 4.39 Å². The first-order valence-corrected chi connectivity index (χ1v) is 6.48. The van der Waals surface area contributed by atoms with E-state index in [1.807, 2.05) is 12.1 Å². The van der Waals surface area contributed by atoms with E-state index in [4.69, 9.17) is 5.73 Å². The van der Waals surface area contributed by atoms with Crippen LogP contribution in [0.2, 0.25) is 0 Å². The first kappa shape index (κ1) is 12.5. The summed E-state index contributed by atoms with van der Waals surface area (Å²) in [4.78, 5) is 2.37. The van der Waals surface area contributed by atoms with Crippen LogP contribution in [0, 0.1) is 5.82 Å². The van der Waals surface area contributed by atoms with E-state index in [2.05, 4.69) is 11.8 Å². The molecule has 1 aliphatic rings. The molecule has 2 nitrogen and oxygen atoms in total. The fourth-order valence-electron chi connectivity index (χ4n) is 2.90. The molecule has 2 unspecified atom stereocenters. The summed E-state index contributed by atoms with van der Waals surface area (Å²) in [6.45, 7) is 3.82. The fraction of sp³-hybridized carbons (Fsp3) is 0.571. The number of hydrogen-bond acceptors (Lipinski definition) is 2. The van der Waals surface area contributed by atoms with Crippen molar-refractivity contribution in [2.24, 2.45) is 5.73 Å². The molecule has 3 heteroatoms. The average molecular weight is 236 g/mol. The minimum atomic E-state index is -0.0954. The van der Waals surface area contributed by atoms with Gasteiger partial charge in [0, 0.05) is 24.2 Å². The highest BCUT2D eigenvalue weighted by Crippen LogP contribution is 2.32. The van der Waals surface area contributed by atoms with E-state index in [9.17, 15) is 4.39 Å². The quantitative estimate of drug-likeness (QED) is 0.871. The van der Waals surface area contributed by atoms with Gasteiger partial charge in [0.2, 0.25) is 0 Å². The monoisotopic (exact) mass is 236 g/mol. The van der Waals surface area contributed by atoms with Gasteiger partial charge >= 0.3 is 0 Å². The van der Waals surface area contributed by atoms with Crippen molar-refractivity contribution in [2.45, 2.75) is 38.3 Å². The maximum absolute atomic E-state index is 13.9. The van der Waals surface area contributed by atoms with E-state index >= 15 is 0 Å². The fourth-order valence-corrected chi connectivity index (χ4v) is 2.90. The van der Waals surface area contributed by atoms with Crippen molar-refractivity contribution in [3.05, 3.63) is 35.6 Å². The first-order chi connectivity index (χ1) is 8.27. The molecular formula is C14H21FN2. The molecule has 0 aromatic heterocycles. The molecule has 2 atom stereocenters. The van der Waals surface area contributed by atoms with Crippen LogP contribution in [-0.2, 0) is 0 Å². The Balaban J connectivity index is 2.24. The Morgan fingerprint density at radius 2 is 2.24 bits per heavy atom. The summed E-state index contributed by atoms with van der Waals surface area (Å²) < 4.78 is 13.9. The predicted octanol–water partition coefficient (Wildman–Crippen LogP) is 2.70. The Hall–Kier alpha value is -0.930. The van der Waals surface area contributed by atoms with Crippen LogP contribution in [0.3, 0.4) is 0 Å². The molecular weight excluding hydrogens is 215 g/mol. The Kier molecular flexibility index (Phi) is 4.13. The molecule has 17 heavy (non-hydrogen) atoms. The van der Waals surface area contributed by atoms with Crippen LogP contribution in [0.5, 0.6) is 0 Å². The summed E-state index contributed by atoms with van der Waals surface area (Å²) >= 11 is 0. The third-order valence-electron chi connectivity index (χ3n) is 3.75. The summed E-state index contributed by atoms with van der Waals surface area (Å²) in [6, 6.07) is 7.69. The molecule has 0 amide bonds. The van der Waals surface area contributed by atoms with Gasteiger partial charge in [-0.2, -0.15) is 0 Å². The van der Waals surface area contributed by atoms with Crippen LogP contribution < -0.4 is 5.73 Å². The molecule has 1 saturated heterocycles. The van der Waals surface area contributed by atoms with Crippen molar-refractivity contribution in [1.29, 1.82) is 0 Å². The van der Waals surface area contributed by atoms with Gasteiger partial charge in [0.1, 0.15) is 5.82 Å². The lowest BCUT2D eigenvalue weighted by molar-refractivity contribution is 0.175. The van der Waals surface area contributed by atoms with E-state index in [-0.39, 0.29) is 11.9 Å². The molecule has 2 N–H and O–H groups in total. The van der Waals surface area contributed by atoms with Gasteiger partial charge in [0.05, 0.1) is 0 Å². The smallest absolute Gasteiger partial charge is 0.127 e. The number of nitrogens with zero attached hydrogens (tertiary/aromatic N) is 1. The van der Waals surface area contributed by atoms with Crippen molar-refractivity contribution in [2.75, 3.05) is 13.1 Å². The molecule has 94 valence electrons. The minimum Gasteiger partial charge on any atom is -0.329 e. The lowest BCUT2D eigenvalue weighted by Gasteiger charge is -2.32. The standard InChI is InChI=1S/C14H21FN2/c1-2-14(12-7-3-4-8-13(12)15)17-9-5-6-11(17)10-16/h3-4,7-8,11,14H,2,5-6,9-10,16H2,1H3. The Morgan fingerprint density at radius 3 is 2.88 bits per heavy atom. The highest BCUT2D eigenvalue weighted by molar-refractivity contribution is 5.21. The van der Waals surface area contributed by atoms with E-state index in [0.29, 0.717) is 12.6 Å². The lowest BCUT2D eigenvalue weighted by atomic mass is 10.0. The normalized spacial score (nSPS) is 22.9. The average Bonchev–Trinajstić information content (AvgIpc) is 2.81. The number of halogens is 1. The molecule has 1 aromatic rings. The van der Waals surface area contributed by atoms with Crippen molar-refractivity contribution in [3.8, 4) is 0 Å². The summed E-state index contributed by atoms with van der Waals surface area (Å²) in [7, 11) is 0. The predicted molar refractivity (Wildman–Crippen MR) is 68.2 cm³/mol. The van der Waals surface area contributed by atoms with Gasteiger partial charge < -0.3 is 5.73 Å². The van der Waals surface area contributed by atoms with E-state index in [1.54, 1.807) is 12.1 Å². The molecule has 0 saturated carbocycles. The van der Waals surface area contributed by atoms with E-state index in [0.717, 1.165) is 24.9 Å². The van der Waals surface area contributed by atoms with Crippen LogP contribution in [0.4, 0.5) is 4.39 Å². The highest BCUT2D eigenvalue weighted by Gasteiger charge is 2.30. The molecule has 0 spiro atoms. The molecule has 1 fully saturated rings. The Bertz CT molecular complexity index is 367. The van der Waals surface area contributed by atoms with E-state index < -0.39 is 0 Å². The van der Waals surface area contributed by atoms with Gasteiger partial charge in [-0.25, -0.2) is 4.39 Å². The van der Waals surface area contributed by atoms with Gasteiger partial charge in [-0.15, -0.1) is 0 Å². The number of hydrogen-bond donors (Lipinski definition) is 1. The molecule has 1 aliphatic heterocycles. The minimum absolute atomic E-state index is 0.0954. The highest BCUT2D eigenvalue weighted by atomic mass is 19.1. The topological polar surface area (TPSA) is 29.3 Å². The second-order valence-corrected chi connectivity index (χ2v) is 4.72. The SMILES string of the molecule is CCC(c1ccccc1F)N1CCCC1CN. The number of nitrogens with two attached hydrogens (primary N) is 1. The van der Waals surface area contributed by atoms with E-state index in [1.165, 1.54) is 6.42 Å².